The van der Waals surface area contributed by atoms with Crippen molar-refractivity contribution in [2.75, 3.05) is 6.61 Å². The number of hydrogen-bond donors (Lipinski definition) is 2. The summed E-state index contributed by atoms with van der Waals surface area (Å²) in [6.45, 7) is 1.01. The monoisotopic (exact) mass is 369 g/mol. The van der Waals surface area contributed by atoms with Crippen molar-refractivity contribution in [1.82, 2.24) is 5.32 Å². The van der Waals surface area contributed by atoms with Gasteiger partial charge in [-0.25, -0.2) is 4.79 Å². The number of amides is 1. The van der Waals surface area contributed by atoms with E-state index in [0.29, 0.717) is 25.4 Å². The normalized spacial score (nSPS) is 17.3. The number of hydrogen-bond acceptors (Lipinski definition) is 4. The number of carboxylic acids is 1. The fourth-order valence-electron chi connectivity index (χ4n) is 2.95. The highest BCUT2D eigenvalue weighted by molar-refractivity contribution is 5.86. The minimum absolute atomic E-state index is 0.201. The predicted molar refractivity (Wildman–Crippen MR) is 99.5 cm³/mol. The van der Waals surface area contributed by atoms with Crippen LogP contribution in [0.4, 0.5) is 0 Å². The van der Waals surface area contributed by atoms with E-state index in [1.165, 1.54) is 0 Å². The van der Waals surface area contributed by atoms with Crippen LogP contribution in [0.5, 0.6) is 5.75 Å². The van der Waals surface area contributed by atoms with Gasteiger partial charge in [-0.15, -0.1) is 0 Å². The van der Waals surface area contributed by atoms with Gasteiger partial charge in [0.1, 0.15) is 24.5 Å². The maximum Gasteiger partial charge on any atom is 0.326 e. The molecule has 6 nitrogen and oxygen atoms in total. The van der Waals surface area contributed by atoms with Crippen molar-refractivity contribution in [3.05, 3.63) is 65.7 Å². The van der Waals surface area contributed by atoms with Gasteiger partial charge in [-0.3, -0.25) is 4.79 Å². The fraction of sp³-hybridized carbons (Fsp3) is 0.333. The number of carbonyl (C=O) groups is 2. The molecule has 0 aliphatic carbocycles. The van der Waals surface area contributed by atoms with Gasteiger partial charge in [0, 0.05) is 13.0 Å². The van der Waals surface area contributed by atoms with Crippen LogP contribution in [-0.4, -0.2) is 35.7 Å². The Morgan fingerprint density at radius 2 is 1.85 bits per heavy atom. The third-order valence-electron chi connectivity index (χ3n) is 4.45. The highest BCUT2D eigenvalue weighted by atomic mass is 16.5. The van der Waals surface area contributed by atoms with Crippen molar-refractivity contribution >= 4 is 11.9 Å². The minimum atomic E-state index is -1.06. The van der Waals surface area contributed by atoms with Gasteiger partial charge >= 0.3 is 5.97 Å². The van der Waals surface area contributed by atoms with Crippen molar-refractivity contribution in [1.29, 1.82) is 0 Å². The topological polar surface area (TPSA) is 84.9 Å². The highest BCUT2D eigenvalue weighted by Gasteiger charge is 2.28. The summed E-state index contributed by atoms with van der Waals surface area (Å²) >= 11 is 0. The summed E-state index contributed by atoms with van der Waals surface area (Å²) in [7, 11) is 0. The molecule has 0 saturated carbocycles. The summed E-state index contributed by atoms with van der Waals surface area (Å²) in [6, 6.07) is 16.1. The minimum Gasteiger partial charge on any atom is -0.489 e. The second kappa shape index (κ2) is 9.19. The number of carbonyl (C=O) groups excluding carboxylic acids is 1. The Morgan fingerprint density at radius 3 is 2.48 bits per heavy atom. The van der Waals surface area contributed by atoms with Crippen molar-refractivity contribution in [2.24, 2.45) is 0 Å². The van der Waals surface area contributed by atoms with Gasteiger partial charge < -0.3 is 19.9 Å². The third kappa shape index (κ3) is 5.56. The second-order valence-corrected chi connectivity index (χ2v) is 6.52. The van der Waals surface area contributed by atoms with Crippen molar-refractivity contribution in [2.45, 2.75) is 38.0 Å². The number of aliphatic carboxylic acids is 1. The molecule has 142 valence electrons. The molecule has 1 fully saturated rings. The molecule has 0 spiro atoms. The molecule has 3 rings (SSSR count). The van der Waals surface area contributed by atoms with Crippen molar-refractivity contribution < 1.29 is 24.2 Å². The molecule has 2 atom stereocenters. The number of rotatable bonds is 8. The van der Waals surface area contributed by atoms with E-state index in [9.17, 15) is 14.7 Å². The van der Waals surface area contributed by atoms with E-state index in [1.54, 1.807) is 12.1 Å². The van der Waals surface area contributed by atoms with Gasteiger partial charge in [0.05, 0.1) is 0 Å². The van der Waals surface area contributed by atoms with Crippen molar-refractivity contribution in [3.63, 3.8) is 0 Å². The molecule has 1 aliphatic heterocycles. The van der Waals surface area contributed by atoms with Crippen LogP contribution in [0.1, 0.15) is 24.0 Å². The molecule has 1 aliphatic rings. The lowest BCUT2D eigenvalue weighted by Crippen LogP contribution is -2.46. The van der Waals surface area contributed by atoms with Crippen LogP contribution in [0.25, 0.3) is 0 Å². The Morgan fingerprint density at radius 1 is 1.11 bits per heavy atom. The molecule has 2 aromatic carbocycles. The zero-order valence-electron chi connectivity index (χ0n) is 15.0. The molecule has 0 aromatic heterocycles. The maximum absolute atomic E-state index is 12.1. The first-order valence-corrected chi connectivity index (χ1v) is 9.02. The average Bonchev–Trinajstić information content (AvgIpc) is 3.22. The number of ether oxygens (including phenoxy) is 2. The zero-order chi connectivity index (χ0) is 19.1. The zero-order valence-corrected chi connectivity index (χ0v) is 15.0. The van der Waals surface area contributed by atoms with Crippen LogP contribution in [0, 0.1) is 0 Å². The van der Waals surface area contributed by atoms with Gasteiger partial charge in [-0.05, 0) is 36.1 Å². The summed E-state index contributed by atoms with van der Waals surface area (Å²) in [4.78, 5) is 23.6. The van der Waals surface area contributed by atoms with E-state index in [4.69, 9.17) is 9.47 Å². The van der Waals surface area contributed by atoms with Crippen LogP contribution in [0.2, 0.25) is 0 Å². The Labute approximate surface area is 158 Å². The van der Waals surface area contributed by atoms with E-state index < -0.39 is 18.1 Å². The molecule has 0 radical (unpaired) electrons. The smallest absolute Gasteiger partial charge is 0.326 e. The van der Waals surface area contributed by atoms with Crippen LogP contribution >= 0.6 is 0 Å². The number of benzene rings is 2. The van der Waals surface area contributed by atoms with Crippen LogP contribution < -0.4 is 10.1 Å². The molecule has 2 N–H and O–H groups in total. The second-order valence-electron chi connectivity index (χ2n) is 6.52. The summed E-state index contributed by atoms with van der Waals surface area (Å²) in [5.41, 5.74) is 1.88. The van der Waals surface area contributed by atoms with E-state index in [1.807, 2.05) is 42.5 Å². The standard InChI is InChI=1S/C21H23NO5/c23-20(19-7-4-12-26-19)22-18(21(24)25)13-15-8-10-17(11-9-15)27-14-16-5-2-1-3-6-16/h1-3,5-6,8-11,18-19H,4,7,12-14H2,(H,22,23)(H,24,25)/t18-,19+/m1/s1. The summed E-state index contributed by atoms with van der Waals surface area (Å²) in [5.74, 6) is -0.716. The Bertz CT molecular complexity index is 754. The third-order valence-corrected chi connectivity index (χ3v) is 4.45. The molecule has 1 heterocycles. The maximum atomic E-state index is 12.1. The molecule has 0 unspecified atom stereocenters. The van der Waals surface area contributed by atoms with E-state index in [0.717, 1.165) is 17.5 Å². The first-order valence-electron chi connectivity index (χ1n) is 9.02. The Balaban J connectivity index is 1.54. The lowest BCUT2D eigenvalue weighted by molar-refractivity contribution is -0.143. The first kappa shape index (κ1) is 18.9. The van der Waals surface area contributed by atoms with E-state index >= 15 is 0 Å². The SMILES string of the molecule is O=C(N[C@H](Cc1ccc(OCc2ccccc2)cc1)C(=O)O)[C@@H]1CCCO1. The van der Waals surface area contributed by atoms with Gasteiger partial charge in [0.2, 0.25) is 5.91 Å². The molecule has 1 amide bonds. The molecule has 27 heavy (non-hydrogen) atoms. The molecule has 6 heteroatoms. The van der Waals surface area contributed by atoms with Gasteiger partial charge in [-0.1, -0.05) is 42.5 Å². The summed E-state index contributed by atoms with van der Waals surface area (Å²) < 4.78 is 11.0. The highest BCUT2D eigenvalue weighted by Crippen LogP contribution is 2.16. The predicted octanol–water partition coefficient (Wildman–Crippen LogP) is 2.56. The quantitative estimate of drug-likeness (QED) is 0.747. The largest absolute Gasteiger partial charge is 0.489 e. The lowest BCUT2D eigenvalue weighted by atomic mass is 10.1. The number of carboxylic acid groups (broad SMARTS) is 1. The van der Waals surface area contributed by atoms with Gasteiger partial charge in [0.25, 0.3) is 0 Å². The first-order chi connectivity index (χ1) is 13.1. The lowest BCUT2D eigenvalue weighted by Gasteiger charge is -2.17. The average molecular weight is 369 g/mol. The molecule has 0 bridgehead atoms. The van der Waals surface area contributed by atoms with E-state index in [-0.39, 0.29) is 12.3 Å². The molecular formula is C21H23NO5. The Kier molecular flexibility index (Phi) is 6.44. The van der Waals surface area contributed by atoms with Crippen LogP contribution in [0.3, 0.4) is 0 Å². The van der Waals surface area contributed by atoms with Crippen LogP contribution in [0.15, 0.2) is 54.6 Å². The van der Waals surface area contributed by atoms with Gasteiger partial charge in [-0.2, -0.15) is 0 Å². The summed E-state index contributed by atoms with van der Waals surface area (Å²) in [5, 5.41) is 12.0. The summed E-state index contributed by atoms with van der Waals surface area (Å²) in [6.07, 6.45) is 1.11. The van der Waals surface area contributed by atoms with E-state index in [2.05, 4.69) is 5.32 Å². The van der Waals surface area contributed by atoms with Gasteiger partial charge in [0.15, 0.2) is 0 Å². The fourth-order valence-corrected chi connectivity index (χ4v) is 2.95. The molecular weight excluding hydrogens is 346 g/mol. The molecule has 2 aromatic rings. The van der Waals surface area contributed by atoms with Crippen LogP contribution in [-0.2, 0) is 27.4 Å². The van der Waals surface area contributed by atoms with Crippen molar-refractivity contribution in [3.8, 4) is 5.75 Å². The number of nitrogens with one attached hydrogen (secondary N) is 1. The Hall–Kier alpha value is -2.86. The molecule has 1 saturated heterocycles.